The second kappa shape index (κ2) is 32.2. The molecule has 0 saturated carbocycles. The molecule has 2 aromatic heterocycles. The van der Waals surface area contributed by atoms with Crippen molar-refractivity contribution in [1.29, 1.82) is 0 Å². The van der Waals surface area contributed by atoms with Gasteiger partial charge in [0.15, 0.2) is 12.7 Å². The number of imidazole rings is 2. The molecule has 6 rings (SSSR count). The molecule has 0 aliphatic carbocycles. The maximum absolute atomic E-state index is 4.08. The van der Waals surface area contributed by atoms with Gasteiger partial charge in [-0.3, -0.25) is 0 Å². The fourth-order valence-corrected chi connectivity index (χ4v) is 37.7. The molecule has 0 spiro atoms. The molecular weight excluding hydrogens is 1350 g/mol. The molecule has 6 aromatic rings. The number of hydrogen-bond donors (Lipinski definition) is 0. The summed E-state index contributed by atoms with van der Waals surface area (Å²) < 4.78 is 9.33. The molecule has 0 bridgehead atoms. The molecule has 0 unspecified atom stereocenters. The van der Waals surface area contributed by atoms with E-state index in [-0.39, 0.29) is 27.7 Å². The Bertz CT molecular complexity index is 3100. The molecule has 91 heavy (non-hydrogen) atoms. The zero-order valence-electron chi connectivity index (χ0n) is 63.5. The van der Waals surface area contributed by atoms with Gasteiger partial charge < -0.3 is 0 Å². The van der Waals surface area contributed by atoms with Crippen molar-refractivity contribution in [2.45, 2.75) is 288 Å². The van der Waals surface area contributed by atoms with Crippen molar-refractivity contribution in [3.63, 3.8) is 0 Å². The van der Waals surface area contributed by atoms with Crippen LogP contribution < -0.4 is 0 Å². The first-order valence-corrected chi connectivity index (χ1v) is 43.5. The fourth-order valence-electron chi connectivity index (χ4n) is 16.9. The summed E-state index contributed by atoms with van der Waals surface area (Å²) in [6.07, 6.45) is 4.51. The summed E-state index contributed by atoms with van der Waals surface area (Å²) in [4.78, 5) is 0. The standard InChI is InChI=1S/2C41H61N2Si2.Hg/c2*1-28(2)44(29(3)4,30(5)6)19-17-40-41(18-20-45(31(7)8,32(9)10)33(11)12)43(39-25-36(15)22-37(16)26-39)27-42(40)38-23-34(13)21-35(14)24-38;/h2*21-33H,1-16H3;/q2*+1;. The molecule has 0 amide bonds. The van der Waals surface area contributed by atoms with Gasteiger partial charge in [0.05, 0.1) is 0 Å². The molecule has 4 aromatic carbocycles. The minimum absolute atomic E-state index is 0. The predicted molar refractivity (Wildman–Crippen MR) is 409 cm³/mol. The average molecular weight is 1480 g/mol. The number of aromatic nitrogens is 4. The molecular formula is C82H122HgN4Si4+2. The molecule has 0 aliphatic heterocycles. The van der Waals surface area contributed by atoms with Crippen molar-refractivity contribution in [2.75, 3.05) is 0 Å². The van der Waals surface area contributed by atoms with Crippen LogP contribution in [0.5, 0.6) is 0 Å². The summed E-state index contributed by atoms with van der Waals surface area (Å²) in [6.45, 7) is 75.0. The Balaban J connectivity index is 0.000000384. The van der Waals surface area contributed by atoms with Crippen LogP contribution in [-0.4, -0.2) is 50.6 Å². The van der Waals surface area contributed by atoms with Gasteiger partial charge in [-0.2, -0.15) is 18.3 Å². The van der Waals surface area contributed by atoms with Crippen LogP contribution in [0.4, 0.5) is 0 Å². The van der Waals surface area contributed by atoms with E-state index >= 15 is 0 Å². The smallest absolute Gasteiger partial charge is 0.190 e. The molecule has 0 fully saturated rings. The molecule has 0 atom stereocenters. The summed E-state index contributed by atoms with van der Waals surface area (Å²) in [6, 6.07) is 27.3. The van der Waals surface area contributed by atoms with Gasteiger partial charge in [-0.05, 0) is 239 Å². The van der Waals surface area contributed by atoms with Gasteiger partial charge in [0, 0.05) is 27.7 Å². The Morgan fingerprint density at radius 3 is 0.462 bits per heavy atom. The number of aryl methyl sites for hydroxylation is 8. The van der Waals surface area contributed by atoms with Crippen LogP contribution in [0.2, 0.25) is 66.5 Å². The monoisotopic (exact) mass is 1480 g/mol. The SMILES string of the molecule is Cc1cc(C)cc(-n2[cH+]n(-c3cc(C)cc(C)c3)c(C#C[Si](C(C)C)(C(C)C)C(C)C)c2C#C[Si](C(C)C)(C(C)C)C(C)C)c1.Cc1cc(C)cc(-n2[cH+]n(-c3cc(C)cc(C)c3)c(C#C[Si](C(C)C)(C(C)C)C(C)C)c2C#C[Si](C(C)C)(C(C)C)C(C)C)c1.[Hg]. The minimum Gasteiger partial charge on any atom is -0.190 e. The summed E-state index contributed by atoms with van der Waals surface area (Å²) in [5, 5.41) is 0. The third-order valence-corrected chi connectivity index (χ3v) is 46.0. The molecule has 486 valence electrons. The van der Waals surface area contributed by atoms with Gasteiger partial charge >= 0.3 is 0 Å². The molecule has 0 radical (unpaired) electrons. The van der Waals surface area contributed by atoms with Gasteiger partial charge in [-0.25, -0.2) is 0 Å². The Labute approximate surface area is 583 Å². The van der Waals surface area contributed by atoms with Gasteiger partial charge in [0.2, 0.25) is 22.8 Å². The summed E-state index contributed by atoms with van der Waals surface area (Å²) in [5.74, 6) is 15.7. The quantitative estimate of drug-likeness (QED) is 0.0523. The summed E-state index contributed by atoms with van der Waals surface area (Å²) >= 11 is 0. The van der Waals surface area contributed by atoms with Crippen LogP contribution in [0.25, 0.3) is 22.7 Å². The van der Waals surface area contributed by atoms with Gasteiger partial charge in [0.25, 0.3) is 0 Å². The third kappa shape index (κ3) is 16.9. The van der Waals surface area contributed by atoms with Crippen molar-refractivity contribution in [3.05, 3.63) is 153 Å². The first-order chi connectivity index (χ1) is 41.8. The van der Waals surface area contributed by atoms with Crippen LogP contribution in [0, 0.1) is 101 Å². The predicted octanol–water partition coefficient (Wildman–Crippen LogP) is 23.8. The van der Waals surface area contributed by atoms with Crippen molar-refractivity contribution in [2.24, 2.45) is 0 Å². The molecule has 9 heteroatoms. The van der Waals surface area contributed by atoms with E-state index in [1.165, 1.54) is 44.5 Å². The molecule has 0 N–H and O–H groups in total. The van der Waals surface area contributed by atoms with Crippen LogP contribution in [0.1, 0.15) is 233 Å². The normalized spacial score (nSPS) is 12.3. The van der Waals surface area contributed by atoms with Gasteiger partial charge in [0.1, 0.15) is 55.0 Å². The second-order valence-electron chi connectivity index (χ2n) is 31.1. The Morgan fingerprint density at radius 2 is 0.352 bits per heavy atom. The van der Waals surface area contributed by atoms with Crippen LogP contribution >= 0.6 is 0 Å². The third-order valence-electron chi connectivity index (χ3n) is 20.9. The number of benzene rings is 4. The van der Waals surface area contributed by atoms with Gasteiger partial charge in [-0.1, -0.05) is 190 Å². The van der Waals surface area contributed by atoms with E-state index < -0.39 is 32.3 Å². The maximum atomic E-state index is 4.08. The average Bonchev–Trinajstić information content (AvgIpc) is 1.83. The van der Waals surface area contributed by atoms with Crippen LogP contribution in [0.3, 0.4) is 0 Å². The van der Waals surface area contributed by atoms with Crippen LogP contribution in [0.15, 0.2) is 85.5 Å². The first kappa shape index (κ1) is 78.8. The van der Waals surface area contributed by atoms with E-state index in [1.807, 2.05) is 0 Å². The summed E-state index contributed by atoms with van der Waals surface area (Å²) in [5.41, 5.74) is 41.7. The van der Waals surface area contributed by atoms with Crippen molar-refractivity contribution in [1.82, 2.24) is 18.3 Å². The number of hydrogen-bond acceptors (Lipinski definition) is 0. The van der Waals surface area contributed by atoms with Gasteiger partial charge in [-0.15, -0.1) is 22.2 Å². The van der Waals surface area contributed by atoms with Crippen molar-refractivity contribution in [3.8, 4) is 68.6 Å². The largest absolute Gasteiger partial charge is 0.228 e. The first-order valence-electron chi connectivity index (χ1n) is 34.6. The second-order valence-corrected chi connectivity index (χ2v) is 53.4. The zero-order valence-corrected chi connectivity index (χ0v) is 73.0. The fraction of sp³-hybridized carbons (Fsp3) is 0.537. The van der Waals surface area contributed by atoms with Crippen molar-refractivity contribution < 1.29 is 27.7 Å². The molecule has 0 saturated heterocycles. The maximum Gasteiger partial charge on any atom is 0.228 e. The number of nitrogens with zero attached hydrogens (tertiary/aromatic N) is 4. The van der Waals surface area contributed by atoms with E-state index in [2.05, 4.69) is 371 Å². The topological polar surface area (TPSA) is 19.7 Å². The summed E-state index contributed by atoms with van der Waals surface area (Å²) in [7, 11) is -8.01. The molecule has 2 heterocycles. The zero-order chi connectivity index (χ0) is 68.0. The Morgan fingerprint density at radius 1 is 0.231 bits per heavy atom. The number of rotatable bonds is 16. The van der Waals surface area contributed by atoms with Crippen LogP contribution in [-0.2, 0) is 27.7 Å². The van der Waals surface area contributed by atoms with E-state index in [4.69, 9.17) is 0 Å². The molecule has 4 nitrogen and oxygen atoms in total. The van der Waals surface area contributed by atoms with E-state index in [1.54, 1.807) is 0 Å². The molecule has 0 aliphatic rings. The van der Waals surface area contributed by atoms with E-state index in [0.717, 1.165) is 45.5 Å². The minimum atomic E-state index is -2.00. The van der Waals surface area contributed by atoms with E-state index in [9.17, 15) is 0 Å². The Hall–Kier alpha value is -4.66. The van der Waals surface area contributed by atoms with Crippen molar-refractivity contribution >= 4 is 32.3 Å². The Kier molecular flexibility index (Phi) is 27.9. The van der Waals surface area contributed by atoms with E-state index in [0.29, 0.717) is 66.5 Å².